The lowest BCUT2D eigenvalue weighted by Gasteiger charge is -2.22. The third kappa shape index (κ3) is 3.75. The molecule has 5 nitrogen and oxygen atoms in total. The van der Waals surface area contributed by atoms with Gasteiger partial charge in [0.2, 0.25) is 10.0 Å². The molecule has 6 heteroatoms. The van der Waals surface area contributed by atoms with Crippen LogP contribution in [0.1, 0.15) is 26.7 Å². The molecule has 0 aromatic rings. The predicted molar refractivity (Wildman–Crippen MR) is 60.6 cm³/mol. The van der Waals surface area contributed by atoms with E-state index in [0.29, 0.717) is 12.5 Å². The molecule has 94 valence electrons. The minimum absolute atomic E-state index is 0.0703. The summed E-state index contributed by atoms with van der Waals surface area (Å²) in [5.41, 5.74) is 0. The Hall–Kier alpha value is -0.620. The van der Waals surface area contributed by atoms with Crippen LogP contribution >= 0.6 is 0 Å². The number of carboxylic acids is 1. The molecule has 0 amide bonds. The van der Waals surface area contributed by atoms with Crippen molar-refractivity contribution in [2.75, 3.05) is 18.8 Å². The fourth-order valence-corrected chi connectivity index (χ4v) is 3.49. The molecule has 1 unspecified atom stereocenters. The molecule has 1 aliphatic rings. The van der Waals surface area contributed by atoms with Crippen LogP contribution in [0.4, 0.5) is 0 Å². The van der Waals surface area contributed by atoms with Crippen LogP contribution < -0.4 is 0 Å². The van der Waals surface area contributed by atoms with Crippen LogP contribution in [0.3, 0.4) is 0 Å². The van der Waals surface area contributed by atoms with Crippen LogP contribution in [-0.4, -0.2) is 42.6 Å². The maximum Gasteiger partial charge on any atom is 0.307 e. The first-order valence-electron chi connectivity index (χ1n) is 5.57. The molecule has 1 rings (SSSR count). The number of hydrogen-bond acceptors (Lipinski definition) is 3. The Bertz CT molecular complexity index is 348. The summed E-state index contributed by atoms with van der Waals surface area (Å²) in [7, 11) is -3.27. The lowest BCUT2D eigenvalue weighted by Crippen LogP contribution is -2.38. The van der Waals surface area contributed by atoms with Gasteiger partial charge in [-0.25, -0.2) is 12.7 Å². The highest BCUT2D eigenvalue weighted by Gasteiger charge is 2.32. The highest BCUT2D eigenvalue weighted by atomic mass is 32.2. The fourth-order valence-electron chi connectivity index (χ4n) is 1.51. The molecule has 1 aliphatic carbocycles. The molecule has 0 aromatic heterocycles. The smallest absolute Gasteiger partial charge is 0.307 e. The Labute approximate surface area is 96.5 Å². The quantitative estimate of drug-likeness (QED) is 0.723. The summed E-state index contributed by atoms with van der Waals surface area (Å²) < 4.78 is 25.1. The molecule has 0 radical (unpaired) electrons. The fraction of sp³-hybridized carbons (Fsp3) is 0.900. The van der Waals surface area contributed by atoms with Gasteiger partial charge in [-0.1, -0.05) is 13.8 Å². The number of aliphatic carboxylic acids is 1. The number of carboxylic acid groups (broad SMARTS) is 1. The molecule has 0 aromatic carbocycles. The van der Waals surface area contributed by atoms with E-state index < -0.39 is 21.9 Å². The van der Waals surface area contributed by atoms with E-state index in [1.54, 1.807) is 6.92 Å². The van der Waals surface area contributed by atoms with Crippen molar-refractivity contribution >= 4 is 16.0 Å². The zero-order chi connectivity index (χ0) is 12.3. The zero-order valence-corrected chi connectivity index (χ0v) is 10.5. The molecule has 0 spiro atoms. The first-order valence-corrected chi connectivity index (χ1v) is 7.18. The highest BCUT2D eigenvalue weighted by Crippen LogP contribution is 2.31. The maximum atomic E-state index is 11.9. The summed E-state index contributed by atoms with van der Waals surface area (Å²) >= 11 is 0. The maximum absolute atomic E-state index is 11.9. The molecule has 16 heavy (non-hydrogen) atoms. The van der Waals surface area contributed by atoms with E-state index in [9.17, 15) is 13.2 Å². The van der Waals surface area contributed by atoms with Gasteiger partial charge in [-0.05, 0) is 18.8 Å². The average Bonchev–Trinajstić information content (AvgIpc) is 2.96. The highest BCUT2D eigenvalue weighted by molar-refractivity contribution is 7.89. The molecule has 0 bridgehead atoms. The van der Waals surface area contributed by atoms with Gasteiger partial charge in [0.1, 0.15) is 0 Å². The Morgan fingerprint density at radius 3 is 2.44 bits per heavy atom. The Morgan fingerprint density at radius 1 is 1.50 bits per heavy atom. The van der Waals surface area contributed by atoms with Crippen molar-refractivity contribution in [3.05, 3.63) is 0 Å². The molecular weight excluding hydrogens is 230 g/mol. The van der Waals surface area contributed by atoms with Gasteiger partial charge in [-0.3, -0.25) is 4.79 Å². The van der Waals surface area contributed by atoms with Crippen LogP contribution in [0, 0.1) is 11.8 Å². The van der Waals surface area contributed by atoms with Gasteiger partial charge in [-0.2, -0.15) is 0 Å². The normalized spacial score (nSPS) is 18.7. The Kier molecular flexibility index (Phi) is 4.32. The second kappa shape index (κ2) is 5.14. The molecule has 0 heterocycles. The molecular formula is C10H19NO4S. The van der Waals surface area contributed by atoms with Crippen LogP contribution in [0.5, 0.6) is 0 Å². The van der Waals surface area contributed by atoms with E-state index in [2.05, 4.69) is 0 Å². The lowest BCUT2D eigenvalue weighted by molar-refractivity contribution is -0.141. The zero-order valence-electron chi connectivity index (χ0n) is 9.72. The van der Waals surface area contributed by atoms with E-state index in [0.717, 1.165) is 12.8 Å². The van der Waals surface area contributed by atoms with Crippen molar-refractivity contribution in [1.29, 1.82) is 0 Å². The average molecular weight is 249 g/mol. The third-order valence-corrected chi connectivity index (χ3v) is 4.88. The van der Waals surface area contributed by atoms with Crippen molar-refractivity contribution < 1.29 is 18.3 Å². The van der Waals surface area contributed by atoms with Crippen molar-refractivity contribution in [1.82, 2.24) is 4.31 Å². The van der Waals surface area contributed by atoms with E-state index in [-0.39, 0.29) is 12.3 Å². The molecule has 1 fully saturated rings. The summed E-state index contributed by atoms with van der Waals surface area (Å²) in [6.45, 7) is 3.67. The van der Waals surface area contributed by atoms with Gasteiger partial charge in [0.25, 0.3) is 0 Å². The van der Waals surface area contributed by atoms with Crippen molar-refractivity contribution in [3.8, 4) is 0 Å². The molecule has 1 saturated carbocycles. The topological polar surface area (TPSA) is 74.7 Å². The van der Waals surface area contributed by atoms with Gasteiger partial charge in [0.15, 0.2) is 0 Å². The molecule has 1 atom stereocenters. The van der Waals surface area contributed by atoms with Gasteiger partial charge >= 0.3 is 5.97 Å². The second-order valence-corrected chi connectivity index (χ2v) is 6.43. The van der Waals surface area contributed by atoms with E-state index in [1.807, 2.05) is 0 Å². The first kappa shape index (κ1) is 13.4. The standard InChI is InChI=1S/C10H19NO4S/c1-3-11(6-8(2)10(12)13)16(14,15)7-9-4-5-9/h8-9H,3-7H2,1-2H3,(H,12,13). The van der Waals surface area contributed by atoms with Crippen molar-refractivity contribution in [2.45, 2.75) is 26.7 Å². The van der Waals surface area contributed by atoms with Crippen LogP contribution in [0.2, 0.25) is 0 Å². The monoisotopic (exact) mass is 249 g/mol. The van der Waals surface area contributed by atoms with Gasteiger partial charge in [0.05, 0.1) is 11.7 Å². The third-order valence-electron chi connectivity index (χ3n) is 2.79. The van der Waals surface area contributed by atoms with Crippen LogP contribution in [0.25, 0.3) is 0 Å². The molecule has 0 aliphatic heterocycles. The van der Waals surface area contributed by atoms with Gasteiger partial charge in [0, 0.05) is 13.1 Å². The van der Waals surface area contributed by atoms with Crippen molar-refractivity contribution in [2.24, 2.45) is 11.8 Å². The van der Waals surface area contributed by atoms with Crippen LogP contribution in [0.15, 0.2) is 0 Å². The minimum Gasteiger partial charge on any atom is -0.481 e. The summed E-state index contributed by atoms with van der Waals surface area (Å²) in [6.07, 6.45) is 1.95. The van der Waals surface area contributed by atoms with E-state index >= 15 is 0 Å². The van der Waals surface area contributed by atoms with Crippen molar-refractivity contribution in [3.63, 3.8) is 0 Å². The van der Waals surface area contributed by atoms with Gasteiger partial charge in [-0.15, -0.1) is 0 Å². The number of hydrogen-bond donors (Lipinski definition) is 1. The van der Waals surface area contributed by atoms with E-state index in [4.69, 9.17) is 5.11 Å². The Balaban J connectivity index is 2.61. The second-order valence-electron chi connectivity index (χ2n) is 4.41. The number of sulfonamides is 1. The molecule has 0 saturated heterocycles. The largest absolute Gasteiger partial charge is 0.481 e. The molecule has 1 N–H and O–H groups in total. The Morgan fingerprint density at radius 2 is 2.06 bits per heavy atom. The summed E-state index contributed by atoms with van der Waals surface area (Å²) in [5.74, 6) is -1.15. The summed E-state index contributed by atoms with van der Waals surface area (Å²) in [5, 5.41) is 8.76. The number of rotatable bonds is 7. The minimum atomic E-state index is -3.27. The summed E-state index contributed by atoms with van der Waals surface area (Å²) in [4.78, 5) is 10.7. The number of carbonyl (C=O) groups is 1. The number of nitrogens with zero attached hydrogens (tertiary/aromatic N) is 1. The lowest BCUT2D eigenvalue weighted by atomic mass is 10.2. The predicted octanol–water partition coefficient (Wildman–Crippen LogP) is 0.769. The SMILES string of the molecule is CCN(CC(C)C(=O)O)S(=O)(=O)CC1CC1. The first-order chi connectivity index (χ1) is 7.36. The van der Waals surface area contributed by atoms with Gasteiger partial charge < -0.3 is 5.11 Å². The van der Waals surface area contributed by atoms with Crippen LogP contribution in [-0.2, 0) is 14.8 Å². The van der Waals surface area contributed by atoms with E-state index in [1.165, 1.54) is 11.2 Å². The summed E-state index contributed by atoms with van der Waals surface area (Å²) in [6, 6.07) is 0.